The number of carbonyl (C=O) groups is 1. The first-order valence-corrected chi connectivity index (χ1v) is 12.5. The average Bonchev–Trinajstić information content (AvgIpc) is 3.01. The van der Waals surface area contributed by atoms with Crippen LogP contribution in [0.2, 0.25) is 0 Å². The Morgan fingerprint density at radius 3 is 2.46 bits per heavy atom. The van der Waals surface area contributed by atoms with Crippen LogP contribution in [-0.4, -0.2) is 62.8 Å². The molecule has 28 heavy (non-hydrogen) atoms. The predicted octanol–water partition coefficient (Wildman–Crippen LogP) is 3.06. The third-order valence-corrected chi connectivity index (χ3v) is 8.00. The minimum absolute atomic E-state index is 0.0135. The van der Waals surface area contributed by atoms with Crippen molar-refractivity contribution in [1.29, 1.82) is 0 Å². The fourth-order valence-corrected chi connectivity index (χ4v) is 6.17. The Balaban J connectivity index is 2.03. The summed E-state index contributed by atoms with van der Waals surface area (Å²) in [5, 5.41) is 0. The van der Waals surface area contributed by atoms with Crippen LogP contribution in [-0.2, 0) is 20.4 Å². The molecule has 2 rings (SSSR count). The minimum atomic E-state index is -3.03. The maximum absolute atomic E-state index is 12.9. The number of amides is 1. The van der Waals surface area contributed by atoms with Crippen molar-refractivity contribution in [3.05, 3.63) is 23.3 Å². The zero-order valence-corrected chi connectivity index (χ0v) is 19.0. The fourth-order valence-electron chi connectivity index (χ4n) is 3.50. The Morgan fingerprint density at radius 1 is 1.29 bits per heavy atom. The van der Waals surface area contributed by atoms with E-state index >= 15 is 0 Å². The number of nitrogens with zero attached hydrogens (tertiary/aromatic N) is 1. The molecule has 0 radical (unpaired) electrons. The van der Waals surface area contributed by atoms with Crippen molar-refractivity contribution in [3.63, 3.8) is 0 Å². The summed E-state index contributed by atoms with van der Waals surface area (Å²) in [6.07, 6.45) is 1.35. The highest BCUT2D eigenvalue weighted by molar-refractivity contribution is 7.99. The van der Waals surface area contributed by atoms with Crippen molar-refractivity contribution in [2.75, 3.05) is 31.5 Å². The molecule has 0 unspecified atom stereocenters. The molecule has 1 heterocycles. The molecule has 1 aliphatic heterocycles. The van der Waals surface area contributed by atoms with Crippen molar-refractivity contribution in [3.8, 4) is 11.5 Å². The summed E-state index contributed by atoms with van der Waals surface area (Å²) in [7, 11) is 0.187. The van der Waals surface area contributed by atoms with Crippen LogP contribution in [0.1, 0.15) is 37.8 Å². The lowest BCUT2D eigenvalue weighted by atomic mass is 10.1. The van der Waals surface area contributed by atoms with E-state index in [1.165, 1.54) is 11.8 Å². The van der Waals surface area contributed by atoms with Gasteiger partial charge in [-0.15, -0.1) is 11.8 Å². The Hall–Kier alpha value is -1.41. The molecule has 1 fully saturated rings. The van der Waals surface area contributed by atoms with Gasteiger partial charge in [0.1, 0.15) is 0 Å². The third kappa shape index (κ3) is 5.56. The van der Waals surface area contributed by atoms with Gasteiger partial charge < -0.3 is 14.4 Å². The zero-order valence-electron chi connectivity index (χ0n) is 17.4. The van der Waals surface area contributed by atoms with Gasteiger partial charge in [0.15, 0.2) is 21.3 Å². The summed E-state index contributed by atoms with van der Waals surface area (Å²) in [4.78, 5) is 14.7. The standard InChI is InChI=1S/C20H31NO5S2/c1-6-15(3)21(17-7-8-28(23,24)13-17)20(22)12-27-11-16-10-19(26-5)18(25-4)9-14(16)2/h9-10,15,17H,6-8,11-13H2,1-5H3/t15-,17-/m1/s1. The maximum atomic E-state index is 12.9. The van der Waals surface area contributed by atoms with Crippen LogP contribution in [0.25, 0.3) is 0 Å². The molecule has 1 aromatic rings. The minimum Gasteiger partial charge on any atom is -0.493 e. The lowest BCUT2D eigenvalue weighted by Gasteiger charge is -2.33. The number of ether oxygens (including phenoxy) is 2. The highest BCUT2D eigenvalue weighted by Gasteiger charge is 2.36. The molecule has 2 atom stereocenters. The Kier molecular flexibility index (Phi) is 8.07. The molecule has 158 valence electrons. The summed E-state index contributed by atoms with van der Waals surface area (Å²) in [5.41, 5.74) is 2.17. The molecule has 0 spiro atoms. The Labute approximate surface area is 172 Å². The van der Waals surface area contributed by atoms with Gasteiger partial charge in [-0.3, -0.25) is 4.79 Å². The SMILES string of the molecule is CC[C@@H](C)N(C(=O)CSCc1cc(OC)c(OC)cc1C)[C@@H]1CCS(=O)(=O)C1. The van der Waals surface area contributed by atoms with E-state index in [9.17, 15) is 13.2 Å². The second-order valence-corrected chi connectivity index (χ2v) is 10.5. The van der Waals surface area contributed by atoms with Crippen LogP contribution in [0.15, 0.2) is 12.1 Å². The molecule has 0 saturated carbocycles. The molecular weight excluding hydrogens is 398 g/mol. The molecule has 0 aliphatic carbocycles. The van der Waals surface area contributed by atoms with E-state index in [-0.39, 0.29) is 29.5 Å². The van der Waals surface area contributed by atoms with Crippen LogP contribution >= 0.6 is 11.8 Å². The van der Waals surface area contributed by atoms with E-state index < -0.39 is 9.84 Å². The van der Waals surface area contributed by atoms with E-state index in [2.05, 4.69) is 0 Å². The number of thioether (sulfide) groups is 1. The zero-order chi connectivity index (χ0) is 20.9. The van der Waals surface area contributed by atoms with Gasteiger partial charge in [-0.05, 0) is 49.9 Å². The average molecular weight is 430 g/mol. The van der Waals surface area contributed by atoms with Gasteiger partial charge in [0, 0.05) is 17.8 Å². The van der Waals surface area contributed by atoms with Gasteiger partial charge in [-0.2, -0.15) is 0 Å². The molecule has 1 amide bonds. The number of carbonyl (C=O) groups excluding carboxylic acids is 1. The third-order valence-electron chi connectivity index (χ3n) is 5.28. The fraction of sp³-hybridized carbons (Fsp3) is 0.650. The monoisotopic (exact) mass is 429 g/mol. The molecule has 6 nitrogen and oxygen atoms in total. The normalized spacial score (nSPS) is 19.2. The van der Waals surface area contributed by atoms with E-state index in [0.29, 0.717) is 29.4 Å². The smallest absolute Gasteiger partial charge is 0.233 e. The number of rotatable bonds is 9. The van der Waals surface area contributed by atoms with Gasteiger partial charge in [0.25, 0.3) is 0 Å². The quantitative estimate of drug-likeness (QED) is 0.601. The predicted molar refractivity (Wildman–Crippen MR) is 114 cm³/mol. The first kappa shape index (κ1) is 22.9. The molecule has 1 saturated heterocycles. The summed E-state index contributed by atoms with van der Waals surface area (Å²) in [5.74, 6) is 2.64. The van der Waals surface area contributed by atoms with Crippen LogP contribution in [0, 0.1) is 6.92 Å². The topological polar surface area (TPSA) is 72.9 Å². The van der Waals surface area contributed by atoms with Crippen LogP contribution in [0.4, 0.5) is 0 Å². The highest BCUT2D eigenvalue weighted by atomic mass is 32.2. The molecule has 8 heteroatoms. The van der Waals surface area contributed by atoms with Crippen molar-refractivity contribution in [2.45, 2.75) is 51.4 Å². The molecule has 1 aromatic carbocycles. The van der Waals surface area contributed by atoms with Crippen molar-refractivity contribution >= 4 is 27.5 Å². The van der Waals surface area contributed by atoms with Crippen molar-refractivity contribution < 1.29 is 22.7 Å². The van der Waals surface area contributed by atoms with Crippen LogP contribution in [0.3, 0.4) is 0 Å². The maximum Gasteiger partial charge on any atom is 0.233 e. The second kappa shape index (κ2) is 9.87. The first-order valence-electron chi connectivity index (χ1n) is 9.53. The number of sulfone groups is 1. The number of hydrogen-bond acceptors (Lipinski definition) is 6. The number of aryl methyl sites for hydroxylation is 1. The highest BCUT2D eigenvalue weighted by Crippen LogP contribution is 2.32. The molecular formula is C20H31NO5S2. The lowest BCUT2D eigenvalue weighted by Crippen LogP contribution is -2.47. The van der Waals surface area contributed by atoms with Crippen molar-refractivity contribution in [2.24, 2.45) is 0 Å². The Bertz CT molecular complexity index is 794. The number of hydrogen-bond donors (Lipinski definition) is 0. The summed E-state index contributed by atoms with van der Waals surface area (Å²) in [6, 6.07) is 3.72. The van der Waals surface area contributed by atoms with Gasteiger partial charge in [-0.1, -0.05) is 6.92 Å². The Morgan fingerprint density at radius 2 is 1.93 bits per heavy atom. The first-order chi connectivity index (χ1) is 13.2. The number of benzene rings is 1. The molecule has 0 aromatic heterocycles. The number of methoxy groups -OCH3 is 2. The van der Waals surface area contributed by atoms with Crippen molar-refractivity contribution in [1.82, 2.24) is 4.90 Å². The van der Waals surface area contributed by atoms with Crippen LogP contribution in [0.5, 0.6) is 11.5 Å². The van der Waals surface area contributed by atoms with E-state index in [0.717, 1.165) is 17.5 Å². The van der Waals surface area contributed by atoms with Gasteiger partial charge in [0.2, 0.25) is 5.91 Å². The van der Waals surface area contributed by atoms with E-state index in [4.69, 9.17) is 9.47 Å². The summed E-state index contributed by atoms with van der Waals surface area (Å²) >= 11 is 1.54. The largest absolute Gasteiger partial charge is 0.493 e. The molecule has 1 aliphatic rings. The van der Waals surface area contributed by atoms with E-state index in [1.54, 1.807) is 19.1 Å². The lowest BCUT2D eigenvalue weighted by molar-refractivity contribution is -0.132. The summed E-state index contributed by atoms with van der Waals surface area (Å²) in [6.45, 7) is 6.02. The van der Waals surface area contributed by atoms with Gasteiger partial charge >= 0.3 is 0 Å². The molecule has 0 bridgehead atoms. The second-order valence-electron chi connectivity index (χ2n) is 7.24. The van der Waals surface area contributed by atoms with Gasteiger partial charge in [-0.25, -0.2) is 8.42 Å². The van der Waals surface area contributed by atoms with E-state index in [1.807, 2.05) is 32.9 Å². The summed E-state index contributed by atoms with van der Waals surface area (Å²) < 4.78 is 34.4. The van der Waals surface area contributed by atoms with Gasteiger partial charge in [0.05, 0.1) is 31.5 Å². The molecule has 0 N–H and O–H groups in total. The van der Waals surface area contributed by atoms with Crippen LogP contribution < -0.4 is 9.47 Å².